The molecule has 0 amide bonds. The fourth-order valence-corrected chi connectivity index (χ4v) is 2.22. The van der Waals surface area contributed by atoms with Crippen LogP contribution in [0.25, 0.3) is 0 Å². The van der Waals surface area contributed by atoms with Crippen molar-refractivity contribution in [3.8, 4) is 0 Å². The Morgan fingerprint density at radius 2 is 1.89 bits per heavy atom. The molecule has 1 aliphatic heterocycles. The normalized spacial score (nSPS) is 17.2. The molecular formula is C13H19F2N3. The zero-order valence-corrected chi connectivity index (χ0v) is 10.6. The predicted molar refractivity (Wildman–Crippen MR) is 68.9 cm³/mol. The summed E-state index contributed by atoms with van der Waals surface area (Å²) in [4.78, 5) is 4.32. The molecule has 0 spiro atoms. The molecule has 100 valence electrons. The molecule has 1 N–H and O–H groups in total. The second-order valence-electron chi connectivity index (χ2n) is 4.53. The Kier molecular flexibility index (Phi) is 4.49. The summed E-state index contributed by atoms with van der Waals surface area (Å²) in [6, 6.07) is 3.78. The van der Waals surface area contributed by atoms with Gasteiger partial charge >= 0.3 is 0 Å². The molecule has 2 rings (SSSR count). The van der Waals surface area contributed by atoms with E-state index < -0.39 is 11.6 Å². The van der Waals surface area contributed by atoms with Gasteiger partial charge in [-0.1, -0.05) is 0 Å². The highest BCUT2D eigenvalue weighted by Crippen LogP contribution is 2.21. The molecule has 0 unspecified atom stereocenters. The molecular weight excluding hydrogens is 236 g/mol. The molecule has 0 saturated carbocycles. The highest BCUT2D eigenvalue weighted by molar-refractivity contribution is 5.48. The van der Waals surface area contributed by atoms with Crippen LogP contribution in [-0.2, 0) is 0 Å². The Balaban J connectivity index is 1.93. The summed E-state index contributed by atoms with van der Waals surface area (Å²) < 4.78 is 26.5. The topological polar surface area (TPSA) is 18.5 Å². The predicted octanol–water partition coefficient (Wildman–Crippen LogP) is 1.31. The average molecular weight is 255 g/mol. The van der Waals surface area contributed by atoms with Crippen molar-refractivity contribution in [2.45, 2.75) is 0 Å². The maximum atomic E-state index is 13.6. The van der Waals surface area contributed by atoms with Gasteiger partial charge in [-0.3, -0.25) is 4.90 Å². The molecule has 18 heavy (non-hydrogen) atoms. The third-order valence-electron chi connectivity index (χ3n) is 3.30. The highest BCUT2D eigenvalue weighted by atomic mass is 19.1. The second kappa shape index (κ2) is 6.11. The van der Waals surface area contributed by atoms with E-state index in [1.807, 2.05) is 11.9 Å². The summed E-state index contributed by atoms with van der Waals surface area (Å²) in [5.74, 6) is -0.998. The minimum absolute atomic E-state index is 0.473. The maximum Gasteiger partial charge on any atom is 0.149 e. The van der Waals surface area contributed by atoms with Crippen LogP contribution in [0.3, 0.4) is 0 Å². The smallest absolute Gasteiger partial charge is 0.149 e. The van der Waals surface area contributed by atoms with Crippen molar-refractivity contribution in [2.24, 2.45) is 0 Å². The molecule has 0 bridgehead atoms. The van der Waals surface area contributed by atoms with Crippen LogP contribution in [-0.4, -0.2) is 51.2 Å². The first kappa shape index (κ1) is 13.2. The van der Waals surface area contributed by atoms with Crippen LogP contribution < -0.4 is 10.2 Å². The number of hydrogen-bond donors (Lipinski definition) is 1. The lowest BCUT2D eigenvalue weighted by Crippen LogP contribution is -2.48. The summed E-state index contributed by atoms with van der Waals surface area (Å²) in [5.41, 5.74) is 0.504. The molecule has 0 aromatic heterocycles. The number of hydrogen-bond acceptors (Lipinski definition) is 3. The van der Waals surface area contributed by atoms with Gasteiger partial charge in [0.2, 0.25) is 0 Å². The van der Waals surface area contributed by atoms with Gasteiger partial charge in [-0.05, 0) is 19.2 Å². The zero-order valence-electron chi connectivity index (χ0n) is 10.6. The van der Waals surface area contributed by atoms with Crippen LogP contribution in [0.2, 0.25) is 0 Å². The van der Waals surface area contributed by atoms with Crippen molar-refractivity contribution in [1.82, 2.24) is 10.2 Å². The van der Waals surface area contributed by atoms with Crippen molar-refractivity contribution < 1.29 is 8.78 Å². The lowest BCUT2D eigenvalue weighted by molar-refractivity contribution is 0.259. The minimum Gasteiger partial charge on any atom is -0.367 e. The van der Waals surface area contributed by atoms with Gasteiger partial charge in [-0.25, -0.2) is 8.78 Å². The van der Waals surface area contributed by atoms with E-state index in [0.717, 1.165) is 45.3 Å². The molecule has 0 atom stereocenters. The van der Waals surface area contributed by atoms with Gasteiger partial charge in [-0.15, -0.1) is 0 Å². The third kappa shape index (κ3) is 3.17. The third-order valence-corrected chi connectivity index (χ3v) is 3.30. The molecule has 1 saturated heterocycles. The van der Waals surface area contributed by atoms with Gasteiger partial charge in [0.25, 0.3) is 0 Å². The van der Waals surface area contributed by atoms with Crippen LogP contribution >= 0.6 is 0 Å². The van der Waals surface area contributed by atoms with Gasteiger partial charge < -0.3 is 10.2 Å². The van der Waals surface area contributed by atoms with E-state index in [2.05, 4.69) is 10.2 Å². The first-order chi connectivity index (χ1) is 8.70. The fourth-order valence-electron chi connectivity index (χ4n) is 2.22. The van der Waals surface area contributed by atoms with Crippen molar-refractivity contribution in [3.05, 3.63) is 29.8 Å². The van der Waals surface area contributed by atoms with E-state index in [1.54, 1.807) is 0 Å². The van der Waals surface area contributed by atoms with Crippen LogP contribution in [0.4, 0.5) is 14.5 Å². The van der Waals surface area contributed by atoms with Gasteiger partial charge in [0.1, 0.15) is 11.6 Å². The molecule has 5 heteroatoms. The van der Waals surface area contributed by atoms with Crippen LogP contribution in [0, 0.1) is 11.6 Å². The van der Waals surface area contributed by atoms with Gasteiger partial charge in [-0.2, -0.15) is 0 Å². The number of likely N-dealkylation sites (N-methyl/N-ethyl adjacent to an activating group) is 1. The highest BCUT2D eigenvalue weighted by Gasteiger charge is 2.19. The number of nitrogens with one attached hydrogen (secondary N) is 1. The Labute approximate surface area is 106 Å². The standard InChI is InChI=1S/C13H19F2N3/c1-16-4-5-17-6-8-18(9-7-17)13-3-2-11(14)10-12(13)15/h2-3,10,16H,4-9H2,1H3. The molecule has 1 fully saturated rings. The fraction of sp³-hybridized carbons (Fsp3) is 0.538. The van der Waals surface area contributed by atoms with Crippen molar-refractivity contribution in [3.63, 3.8) is 0 Å². The monoisotopic (exact) mass is 255 g/mol. The summed E-state index contributed by atoms with van der Waals surface area (Å²) in [6.07, 6.45) is 0. The summed E-state index contributed by atoms with van der Waals surface area (Å²) in [7, 11) is 1.93. The second-order valence-corrected chi connectivity index (χ2v) is 4.53. The quantitative estimate of drug-likeness (QED) is 0.875. The van der Waals surface area contributed by atoms with Gasteiger partial charge in [0, 0.05) is 45.3 Å². The van der Waals surface area contributed by atoms with Crippen LogP contribution in [0.5, 0.6) is 0 Å². The molecule has 1 aliphatic rings. The summed E-state index contributed by atoms with van der Waals surface area (Å²) >= 11 is 0. The number of benzene rings is 1. The van der Waals surface area contributed by atoms with Crippen LogP contribution in [0.1, 0.15) is 0 Å². The lowest BCUT2D eigenvalue weighted by Gasteiger charge is -2.36. The minimum atomic E-state index is -0.524. The largest absolute Gasteiger partial charge is 0.367 e. The Bertz CT molecular complexity index is 390. The van der Waals surface area contributed by atoms with Gasteiger partial charge in [0.05, 0.1) is 5.69 Å². The number of piperazine rings is 1. The average Bonchev–Trinajstić information content (AvgIpc) is 2.37. The van der Waals surface area contributed by atoms with Crippen molar-refractivity contribution in [2.75, 3.05) is 51.2 Å². The Morgan fingerprint density at radius 3 is 2.50 bits per heavy atom. The first-order valence-electron chi connectivity index (χ1n) is 6.27. The van der Waals surface area contributed by atoms with E-state index in [0.29, 0.717) is 5.69 Å². The molecule has 0 radical (unpaired) electrons. The van der Waals surface area contributed by atoms with E-state index in [4.69, 9.17) is 0 Å². The van der Waals surface area contributed by atoms with E-state index in [9.17, 15) is 8.78 Å². The lowest BCUT2D eigenvalue weighted by atomic mass is 10.2. The molecule has 1 aromatic carbocycles. The number of anilines is 1. The van der Waals surface area contributed by atoms with Crippen molar-refractivity contribution >= 4 is 5.69 Å². The van der Waals surface area contributed by atoms with E-state index >= 15 is 0 Å². The van der Waals surface area contributed by atoms with E-state index in [1.165, 1.54) is 12.1 Å². The molecule has 1 aromatic rings. The molecule has 1 heterocycles. The number of halogens is 2. The van der Waals surface area contributed by atoms with E-state index in [-0.39, 0.29) is 0 Å². The zero-order chi connectivity index (χ0) is 13.0. The molecule has 3 nitrogen and oxygen atoms in total. The first-order valence-corrected chi connectivity index (χ1v) is 6.27. The summed E-state index contributed by atoms with van der Waals surface area (Å²) in [6.45, 7) is 5.37. The summed E-state index contributed by atoms with van der Waals surface area (Å²) in [5, 5.41) is 3.12. The number of rotatable bonds is 4. The Hall–Kier alpha value is -1.20. The van der Waals surface area contributed by atoms with Crippen molar-refractivity contribution in [1.29, 1.82) is 0 Å². The van der Waals surface area contributed by atoms with Crippen LogP contribution in [0.15, 0.2) is 18.2 Å². The SMILES string of the molecule is CNCCN1CCN(c2ccc(F)cc2F)CC1. The van der Waals surface area contributed by atoms with Gasteiger partial charge in [0.15, 0.2) is 0 Å². The number of nitrogens with zero attached hydrogens (tertiary/aromatic N) is 2. The Morgan fingerprint density at radius 1 is 1.17 bits per heavy atom. The molecule has 0 aliphatic carbocycles. The maximum absolute atomic E-state index is 13.6.